The van der Waals surface area contributed by atoms with E-state index in [1.165, 1.54) is 0 Å². The number of aromatic nitrogens is 3. The first-order valence-corrected chi connectivity index (χ1v) is 7.83. The lowest BCUT2D eigenvalue weighted by Gasteiger charge is -2.46. The molecule has 1 fully saturated rings. The molecule has 0 radical (unpaired) electrons. The van der Waals surface area contributed by atoms with Gasteiger partial charge in [0.25, 0.3) is 5.91 Å². The number of amides is 1. The minimum atomic E-state index is -0.450. The number of nitrogens with zero attached hydrogens (tertiary/aromatic N) is 4. The Morgan fingerprint density at radius 1 is 1.43 bits per heavy atom. The third kappa shape index (κ3) is 2.23. The number of carbonyl (C=O) groups excluding carboxylic acids is 1. The SMILES string of the molecule is CCCc1ncc2c(n1)COC21CN(C(=O)c2cc(C)on2)C1. The normalized spacial score (nSPS) is 18.1. The molecule has 120 valence electrons. The Kier molecular flexibility index (Phi) is 3.19. The van der Waals surface area contributed by atoms with Crippen LogP contribution in [0.1, 0.15) is 46.7 Å². The molecule has 2 aromatic rings. The lowest BCUT2D eigenvalue weighted by atomic mass is 9.87. The topological polar surface area (TPSA) is 81.4 Å². The largest absolute Gasteiger partial charge is 0.361 e. The number of ether oxygens (including phenoxy) is 1. The molecular formula is C16H18N4O3. The van der Waals surface area contributed by atoms with Crippen molar-refractivity contribution in [3.63, 3.8) is 0 Å². The predicted molar refractivity (Wildman–Crippen MR) is 79.6 cm³/mol. The molecule has 7 nitrogen and oxygen atoms in total. The third-order valence-electron chi connectivity index (χ3n) is 4.39. The summed E-state index contributed by atoms with van der Waals surface area (Å²) in [6.45, 7) is 5.36. The van der Waals surface area contributed by atoms with Crippen LogP contribution in [0, 0.1) is 6.92 Å². The molecule has 4 heterocycles. The Morgan fingerprint density at radius 2 is 2.26 bits per heavy atom. The van der Waals surface area contributed by atoms with Crippen molar-refractivity contribution < 1.29 is 14.1 Å². The Bertz CT molecular complexity index is 764. The van der Waals surface area contributed by atoms with Crippen LogP contribution < -0.4 is 0 Å². The molecule has 0 N–H and O–H groups in total. The highest BCUT2D eigenvalue weighted by Gasteiger charge is 2.53. The summed E-state index contributed by atoms with van der Waals surface area (Å²) in [5.41, 5.74) is 1.85. The van der Waals surface area contributed by atoms with Gasteiger partial charge in [-0.05, 0) is 13.3 Å². The van der Waals surface area contributed by atoms with Gasteiger partial charge in [-0.25, -0.2) is 9.97 Å². The van der Waals surface area contributed by atoms with E-state index in [-0.39, 0.29) is 5.91 Å². The highest BCUT2D eigenvalue weighted by Crippen LogP contribution is 2.42. The van der Waals surface area contributed by atoms with Gasteiger partial charge in [0.2, 0.25) is 0 Å². The van der Waals surface area contributed by atoms with E-state index in [9.17, 15) is 4.79 Å². The molecule has 2 aliphatic heterocycles. The second-order valence-corrected chi connectivity index (χ2v) is 6.16. The fourth-order valence-electron chi connectivity index (χ4n) is 3.18. The van der Waals surface area contributed by atoms with Gasteiger partial charge in [0, 0.05) is 24.2 Å². The van der Waals surface area contributed by atoms with E-state index in [2.05, 4.69) is 22.0 Å². The summed E-state index contributed by atoms with van der Waals surface area (Å²) in [7, 11) is 0. The predicted octanol–water partition coefficient (Wildman–Crippen LogP) is 1.61. The molecule has 0 atom stereocenters. The van der Waals surface area contributed by atoms with Gasteiger partial charge in [-0.3, -0.25) is 4.79 Å². The zero-order valence-electron chi connectivity index (χ0n) is 13.2. The van der Waals surface area contributed by atoms with Crippen LogP contribution >= 0.6 is 0 Å². The Morgan fingerprint density at radius 3 is 2.96 bits per heavy atom. The van der Waals surface area contributed by atoms with Crippen LogP contribution in [-0.2, 0) is 23.4 Å². The van der Waals surface area contributed by atoms with Crippen molar-refractivity contribution in [1.29, 1.82) is 0 Å². The van der Waals surface area contributed by atoms with Gasteiger partial charge < -0.3 is 14.2 Å². The first kappa shape index (κ1) is 14.3. The molecule has 1 saturated heterocycles. The molecule has 0 aliphatic carbocycles. The molecule has 2 aromatic heterocycles. The van der Waals surface area contributed by atoms with Crippen molar-refractivity contribution >= 4 is 5.91 Å². The molecule has 4 rings (SSSR count). The zero-order valence-corrected chi connectivity index (χ0v) is 13.2. The summed E-state index contributed by atoms with van der Waals surface area (Å²) < 4.78 is 10.9. The Labute approximate surface area is 133 Å². The second-order valence-electron chi connectivity index (χ2n) is 6.16. The van der Waals surface area contributed by atoms with Crippen LogP contribution in [0.5, 0.6) is 0 Å². The van der Waals surface area contributed by atoms with E-state index < -0.39 is 5.60 Å². The maximum absolute atomic E-state index is 12.3. The quantitative estimate of drug-likeness (QED) is 0.856. The Balaban J connectivity index is 1.51. The fraction of sp³-hybridized carbons (Fsp3) is 0.500. The molecule has 0 aromatic carbocycles. The van der Waals surface area contributed by atoms with Crippen molar-refractivity contribution in [1.82, 2.24) is 20.0 Å². The van der Waals surface area contributed by atoms with E-state index in [0.29, 0.717) is 31.2 Å². The highest BCUT2D eigenvalue weighted by molar-refractivity contribution is 5.93. The van der Waals surface area contributed by atoms with Crippen LogP contribution in [-0.4, -0.2) is 39.0 Å². The van der Waals surface area contributed by atoms with E-state index in [1.807, 2.05) is 6.20 Å². The summed E-state index contributed by atoms with van der Waals surface area (Å²) >= 11 is 0. The van der Waals surface area contributed by atoms with Crippen molar-refractivity contribution in [2.75, 3.05) is 13.1 Å². The van der Waals surface area contributed by atoms with Gasteiger partial charge in [0.15, 0.2) is 5.69 Å². The number of fused-ring (bicyclic) bond motifs is 2. The lowest BCUT2D eigenvalue weighted by Crippen LogP contribution is -2.61. The summed E-state index contributed by atoms with van der Waals surface area (Å²) in [5, 5.41) is 3.78. The second kappa shape index (κ2) is 5.13. The zero-order chi connectivity index (χ0) is 16.0. The van der Waals surface area contributed by atoms with Crippen LogP contribution in [0.2, 0.25) is 0 Å². The van der Waals surface area contributed by atoms with Gasteiger partial charge >= 0.3 is 0 Å². The van der Waals surface area contributed by atoms with Crippen LogP contribution in [0.4, 0.5) is 0 Å². The molecular weight excluding hydrogens is 296 g/mol. The van der Waals surface area contributed by atoms with E-state index >= 15 is 0 Å². The van der Waals surface area contributed by atoms with Crippen LogP contribution in [0.3, 0.4) is 0 Å². The molecule has 0 saturated carbocycles. The minimum absolute atomic E-state index is 0.131. The van der Waals surface area contributed by atoms with Gasteiger partial charge in [-0.15, -0.1) is 0 Å². The maximum atomic E-state index is 12.3. The molecule has 0 unspecified atom stereocenters. The van der Waals surface area contributed by atoms with Gasteiger partial charge in [-0.2, -0.15) is 0 Å². The lowest BCUT2D eigenvalue weighted by molar-refractivity contribution is -0.126. The van der Waals surface area contributed by atoms with E-state index in [4.69, 9.17) is 9.26 Å². The standard InChI is InChI=1S/C16H18N4O3/c1-3-4-14-17-6-11-13(18-14)7-22-16(11)8-20(9-16)15(21)12-5-10(2)23-19-12/h5-6H,3-4,7-9H2,1-2H3. The van der Waals surface area contributed by atoms with Crippen molar-refractivity contribution in [3.8, 4) is 0 Å². The molecule has 0 bridgehead atoms. The van der Waals surface area contributed by atoms with Crippen molar-refractivity contribution in [2.45, 2.75) is 38.9 Å². The molecule has 23 heavy (non-hydrogen) atoms. The fourth-order valence-corrected chi connectivity index (χ4v) is 3.18. The van der Waals surface area contributed by atoms with Gasteiger partial charge in [0.05, 0.1) is 25.4 Å². The maximum Gasteiger partial charge on any atom is 0.276 e. The highest BCUT2D eigenvalue weighted by atomic mass is 16.5. The molecule has 1 amide bonds. The molecule has 7 heteroatoms. The number of likely N-dealkylation sites (tertiary alicyclic amines) is 1. The number of hydrogen-bond acceptors (Lipinski definition) is 6. The smallest absolute Gasteiger partial charge is 0.276 e. The average Bonchev–Trinajstić information content (AvgIpc) is 3.09. The summed E-state index contributed by atoms with van der Waals surface area (Å²) in [4.78, 5) is 23.1. The first-order valence-electron chi connectivity index (χ1n) is 7.83. The van der Waals surface area contributed by atoms with E-state index in [1.54, 1.807) is 17.9 Å². The number of carbonyl (C=O) groups is 1. The van der Waals surface area contributed by atoms with Gasteiger partial charge in [-0.1, -0.05) is 12.1 Å². The minimum Gasteiger partial charge on any atom is -0.361 e. The summed E-state index contributed by atoms with van der Waals surface area (Å²) in [5.74, 6) is 1.35. The molecule has 2 aliphatic rings. The van der Waals surface area contributed by atoms with Crippen molar-refractivity contribution in [2.24, 2.45) is 0 Å². The van der Waals surface area contributed by atoms with Crippen LogP contribution in [0.15, 0.2) is 16.8 Å². The van der Waals surface area contributed by atoms with Crippen LogP contribution in [0.25, 0.3) is 0 Å². The first-order chi connectivity index (χ1) is 11.1. The monoisotopic (exact) mass is 314 g/mol. The Hall–Kier alpha value is -2.28. The summed E-state index contributed by atoms with van der Waals surface area (Å²) in [6, 6.07) is 1.65. The molecule has 1 spiro atoms. The number of hydrogen-bond donors (Lipinski definition) is 0. The number of rotatable bonds is 3. The average molecular weight is 314 g/mol. The van der Waals surface area contributed by atoms with Gasteiger partial charge in [0.1, 0.15) is 17.2 Å². The third-order valence-corrected chi connectivity index (χ3v) is 4.39. The van der Waals surface area contributed by atoms with Crippen molar-refractivity contribution in [3.05, 3.63) is 40.8 Å². The number of aryl methyl sites for hydroxylation is 2. The van der Waals surface area contributed by atoms with E-state index in [0.717, 1.165) is 29.9 Å². The summed E-state index contributed by atoms with van der Waals surface area (Å²) in [6.07, 6.45) is 3.75.